The van der Waals surface area contributed by atoms with E-state index in [0.29, 0.717) is 32.7 Å². The number of rotatable bonds is 7. The number of esters is 2. The molecule has 4 heterocycles. The van der Waals surface area contributed by atoms with Crippen molar-refractivity contribution in [3.05, 3.63) is 47.5 Å². The molecular formula is C27H34B2N2O10. The molecule has 0 amide bonds. The first-order valence-electron chi connectivity index (χ1n) is 13.7. The lowest BCUT2D eigenvalue weighted by Gasteiger charge is -2.18. The summed E-state index contributed by atoms with van der Waals surface area (Å²) >= 11 is 0. The van der Waals surface area contributed by atoms with Crippen molar-refractivity contribution in [2.45, 2.75) is 44.7 Å². The van der Waals surface area contributed by atoms with E-state index in [2.05, 4.69) is 0 Å². The second-order valence-corrected chi connectivity index (χ2v) is 9.88. The minimum atomic E-state index is -0.516. The van der Waals surface area contributed by atoms with E-state index < -0.39 is 14.2 Å². The van der Waals surface area contributed by atoms with Crippen LogP contribution in [-0.4, -0.2) is 77.9 Å². The topological polar surface area (TPSA) is 160 Å². The second-order valence-electron chi connectivity index (χ2n) is 9.88. The SMILES string of the molecule is CC(=O)OC[C@@H]1COc2cccc3c2B(OC3CN)O1.CCC(=O)OC[C@@H]1COc2cccc3c2B(OC3CN)O1. The van der Waals surface area contributed by atoms with E-state index in [0.717, 1.165) is 33.6 Å². The van der Waals surface area contributed by atoms with Crippen molar-refractivity contribution in [2.75, 3.05) is 39.5 Å². The Kier molecular flexibility index (Phi) is 9.48. The van der Waals surface area contributed by atoms with Crippen LogP contribution >= 0.6 is 0 Å². The summed E-state index contributed by atoms with van der Waals surface area (Å²) in [6, 6.07) is 11.5. The molecule has 6 rings (SSSR count). The normalized spacial score (nSPS) is 23.5. The van der Waals surface area contributed by atoms with Gasteiger partial charge in [-0.15, -0.1) is 0 Å². The molecular weight excluding hydrogens is 534 g/mol. The average molecular weight is 568 g/mol. The number of benzene rings is 2. The van der Waals surface area contributed by atoms with Crippen molar-refractivity contribution in [1.29, 1.82) is 0 Å². The molecule has 0 bridgehead atoms. The predicted molar refractivity (Wildman–Crippen MR) is 148 cm³/mol. The van der Waals surface area contributed by atoms with Gasteiger partial charge in [0.2, 0.25) is 0 Å². The molecule has 41 heavy (non-hydrogen) atoms. The van der Waals surface area contributed by atoms with Crippen LogP contribution in [0.5, 0.6) is 11.5 Å². The fraction of sp³-hybridized carbons (Fsp3) is 0.481. The standard InChI is InChI=1S/C14H18BNO5.C13H16BNO5/c1-2-13(17)19-8-9-7-18-11-5-3-4-10-12(6-16)21-15(20-9)14(10)11;1-8(16)17-6-9-7-18-11-4-2-3-10-12(5-15)20-14(19-9)13(10)11/h3-5,9,12H,2,6-8,16H2,1H3;2-4,9,12H,5-7,15H2,1H3/t2*9-,12?/m01/s1. The lowest BCUT2D eigenvalue weighted by atomic mass is 9.77. The van der Waals surface area contributed by atoms with Crippen LogP contribution in [0.25, 0.3) is 0 Å². The van der Waals surface area contributed by atoms with Crippen LogP contribution < -0.4 is 31.9 Å². The molecule has 14 heteroatoms. The van der Waals surface area contributed by atoms with Crippen LogP contribution in [0.3, 0.4) is 0 Å². The Balaban J connectivity index is 0.000000165. The summed E-state index contributed by atoms with van der Waals surface area (Å²) in [7, 11) is -1.03. The van der Waals surface area contributed by atoms with Gasteiger partial charge in [0.1, 0.15) is 50.1 Å². The number of hydrogen-bond acceptors (Lipinski definition) is 12. The van der Waals surface area contributed by atoms with E-state index in [9.17, 15) is 9.59 Å². The summed E-state index contributed by atoms with van der Waals surface area (Å²) in [5.74, 6) is 0.892. The Morgan fingerprint density at radius 1 is 0.805 bits per heavy atom. The number of nitrogens with two attached hydrogens (primary N) is 2. The lowest BCUT2D eigenvalue weighted by molar-refractivity contribution is -0.146. The molecule has 4 N–H and O–H groups in total. The molecule has 4 aliphatic rings. The third kappa shape index (κ3) is 6.53. The molecule has 0 aromatic heterocycles. The number of hydrogen-bond donors (Lipinski definition) is 2. The van der Waals surface area contributed by atoms with Gasteiger partial charge in [-0.2, -0.15) is 0 Å². The Bertz CT molecular complexity index is 1250. The number of carbonyl (C=O) groups is 2. The van der Waals surface area contributed by atoms with E-state index in [4.69, 9.17) is 49.0 Å². The highest BCUT2D eigenvalue weighted by Crippen LogP contribution is 2.31. The molecule has 0 saturated carbocycles. The maximum absolute atomic E-state index is 11.3. The van der Waals surface area contributed by atoms with E-state index in [-0.39, 0.29) is 49.6 Å². The zero-order chi connectivity index (χ0) is 28.9. The Labute approximate surface area is 239 Å². The highest BCUT2D eigenvalue weighted by atomic mass is 16.6. The molecule has 4 aliphatic heterocycles. The van der Waals surface area contributed by atoms with E-state index in [1.54, 1.807) is 6.92 Å². The third-order valence-electron chi connectivity index (χ3n) is 7.04. The minimum Gasteiger partial charge on any atom is -0.491 e. The molecule has 2 unspecified atom stereocenters. The molecule has 0 radical (unpaired) electrons. The molecule has 0 fully saturated rings. The van der Waals surface area contributed by atoms with Crippen LogP contribution in [0.1, 0.15) is 43.6 Å². The van der Waals surface area contributed by atoms with Gasteiger partial charge in [0.25, 0.3) is 0 Å². The van der Waals surface area contributed by atoms with Gasteiger partial charge in [0.15, 0.2) is 0 Å². The lowest BCUT2D eigenvalue weighted by Crippen LogP contribution is -2.37. The maximum atomic E-state index is 11.3. The highest BCUT2D eigenvalue weighted by molar-refractivity contribution is 6.64. The van der Waals surface area contributed by atoms with Crippen LogP contribution in [0.2, 0.25) is 0 Å². The summed E-state index contributed by atoms with van der Waals surface area (Å²) in [6.07, 6.45) is -0.757. The van der Waals surface area contributed by atoms with Crippen molar-refractivity contribution >= 4 is 37.1 Å². The highest BCUT2D eigenvalue weighted by Gasteiger charge is 2.44. The van der Waals surface area contributed by atoms with Crippen molar-refractivity contribution in [3.63, 3.8) is 0 Å². The third-order valence-corrected chi connectivity index (χ3v) is 7.04. The van der Waals surface area contributed by atoms with Gasteiger partial charge >= 0.3 is 26.2 Å². The largest absolute Gasteiger partial charge is 0.499 e. The van der Waals surface area contributed by atoms with Crippen molar-refractivity contribution in [1.82, 2.24) is 0 Å². The molecule has 0 saturated heterocycles. The number of ether oxygens (including phenoxy) is 4. The monoisotopic (exact) mass is 568 g/mol. The summed E-state index contributed by atoms with van der Waals surface area (Å²) in [5.41, 5.74) is 15.3. The van der Waals surface area contributed by atoms with Gasteiger partial charge in [0.05, 0.1) is 12.2 Å². The van der Waals surface area contributed by atoms with Gasteiger partial charge in [-0.1, -0.05) is 31.2 Å². The van der Waals surface area contributed by atoms with Gasteiger partial charge in [-0.25, -0.2) is 0 Å². The summed E-state index contributed by atoms with van der Waals surface area (Å²) in [6.45, 7) is 4.81. The van der Waals surface area contributed by atoms with E-state index >= 15 is 0 Å². The molecule has 2 aromatic rings. The second kappa shape index (κ2) is 13.2. The van der Waals surface area contributed by atoms with Crippen LogP contribution in [0.15, 0.2) is 36.4 Å². The average Bonchev–Trinajstić information content (AvgIpc) is 3.39. The predicted octanol–water partition coefficient (Wildman–Crippen LogP) is -0.105. The van der Waals surface area contributed by atoms with Crippen LogP contribution in [0, 0.1) is 0 Å². The molecule has 2 aromatic carbocycles. The number of carbonyl (C=O) groups excluding carboxylic acids is 2. The summed E-state index contributed by atoms with van der Waals surface area (Å²) < 4.78 is 45.0. The van der Waals surface area contributed by atoms with Crippen LogP contribution in [0.4, 0.5) is 0 Å². The van der Waals surface area contributed by atoms with Gasteiger partial charge in [-0.3, -0.25) is 9.59 Å². The maximum Gasteiger partial charge on any atom is 0.499 e. The van der Waals surface area contributed by atoms with E-state index in [1.165, 1.54) is 6.92 Å². The Morgan fingerprint density at radius 3 is 1.73 bits per heavy atom. The first-order chi connectivity index (χ1) is 19.9. The van der Waals surface area contributed by atoms with Crippen molar-refractivity contribution < 1.29 is 47.2 Å². The molecule has 0 aliphatic carbocycles. The first kappa shape index (κ1) is 29.4. The van der Waals surface area contributed by atoms with Gasteiger partial charge < -0.3 is 49.0 Å². The Morgan fingerprint density at radius 2 is 1.29 bits per heavy atom. The van der Waals surface area contributed by atoms with Gasteiger partial charge in [0, 0.05) is 37.4 Å². The fourth-order valence-corrected chi connectivity index (χ4v) is 5.05. The Hall–Kier alpha value is -3.13. The fourth-order valence-electron chi connectivity index (χ4n) is 5.05. The first-order valence-corrected chi connectivity index (χ1v) is 13.7. The van der Waals surface area contributed by atoms with Crippen molar-refractivity contribution in [2.24, 2.45) is 11.5 Å². The zero-order valence-corrected chi connectivity index (χ0v) is 23.1. The summed E-state index contributed by atoms with van der Waals surface area (Å²) in [4.78, 5) is 22.1. The summed E-state index contributed by atoms with van der Waals surface area (Å²) in [5, 5.41) is 0. The zero-order valence-electron chi connectivity index (χ0n) is 23.1. The molecule has 4 atom stereocenters. The van der Waals surface area contributed by atoms with Crippen molar-refractivity contribution in [3.8, 4) is 11.5 Å². The molecule has 218 valence electrons. The smallest absolute Gasteiger partial charge is 0.491 e. The van der Waals surface area contributed by atoms with E-state index in [1.807, 2.05) is 36.4 Å². The minimum absolute atomic E-state index is 0.145. The van der Waals surface area contributed by atoms with Crippen LogP contribution in [-0.2, 0) is 37.7 Å². The quantitative estimate of drug-likeness (QED) is 0.338. The molecule has 0 spiro atoms. The molecule has 12 nitrogen and oxygen atoms in total. The van der Waals surface area contributed by atoms with Gasteiger partial charge in [-0.05, 0) is 23.3 Å².